The predicted octanol–water partition coefficient (Wildman–Crippen LogP) is 7.33. The molecule has 4 nitrogen and oxygen atoms in total. The molecule has 1 unspecified atom stereocenters. The normalized spacial score (nSPS) is 49.3. The Labute approximate surface area is 219 Å². The number of piperidine rings is 1. The third kappa shape index (κ3) is 3.11. The molecule has 0 radical (unpaired) electrons. The van der Waals surface area contributed by atoms with Gasteiger partial charge in [-0.3, -0.25) is 4.79 Å². The first-order valence-corrected chi connectivity index (χ1v) is 14.9. The number of carboxylic acids is 1. The third-order valence-corrected chi connectivity index (χ3v) is 14.1. The first-order chi connectivity index (χ1) is 16.7. The average molecular weight is 498 g/mol. The topological polar surface area (TPSA) is 57.6 Å². The fourth-order valence-corrected chi connectivity index (χ4v) is 12.1. The van der Waals surface area contributed by atoms with Gasteiger partial charge < -0.3 is 10.0 Å². The zero-order valence-corrected chi connectivity index (χ0v) is 24.1. The van der Waals surface area contributed by atoms with E-state index < -0.39 is 17.4 Å². The van der Waals surface area contributed by atoms with Gasteiger partial charge in [0.25, 0.3) is 0 Å². The lowest BCUT2D eigenvalue weighted by Gasteiger charge is -2.73. The van der Waals surface area contributed by atoms with Crippen LogP contribution in [-0.4, -0.2) is 34.0 Å². The summed E-state index contributed by atoms with van der Waals surface area (Å²) in [6.45, 7) is 21.9. The van der Waals surface area contributed by atoms with Crippen LogP contribution in [0, 0.1) is 51.2 Å². The molecule has 202 valence electrons. The SMILES string of the molecule is C=C(C)[C@@H]1CC[C@]2(CC)CC[C@]3(C)[C@H](CC[C@@H]4[C@@]5(C)CCN(C(=O)C(=O)O)C(C)(C)C5CC[C@]43C)[C@@H]12. The summed E-state index contributed by atoms with van der Waals surface area (Å²) in [6.07, 6.45) is 12.6. The van der Waals surface area contributed by atoms with Crippen molar-refractivity contribution in [3.63, 3.8) is 0 Å². The summed E-state index contributed by atoms with van der Waals surface area (Å²) in [4.78, 5) is 26.0. The monoisotopic (exact) mass is 497 g/mol. The van der Waals surface area contributed by atoms with Gasteiger partial charge in [0.15, 0.2) is 0 Å². The van der Waals surface area contributed by atoms with Crippen LogP contribution in [0.15, 0.2) is 12.2 Å². The van der Waals surface area contributed by atoms with E-state index in [0.717, 1.165) is 24.7 Å². The molecule has 0 bridgehead atoms. The summed E-state index contributed by atoms with van der Waals surface area (Å²) in [5, 5.41) is 9.50. The van der Waals surface area contributed by atoms with Crippen LogP contribution in [0.25, 0.3) is 0 Å². The lowest BCUT2D eigenvalue weighted by molar-refractivity contribution is -0.241. The highest BCUT2D eigenvalue weighted by Crippen LogP contribution is 2.77. The number of carboxylic acid groups (broad SMARTS) is 1. The molecule has 9 atom stereocenters. The Morgan fingerprint density at radius 1 is 0.889 bits per heavy atom. The minimum atomic E-state index is -1.31. The molecule has 5 aliphatic rings. The number of carbonyl (C=O) groups excluding carboxylic acids is 1. The van der Waals surface area contributed by atoms with Crippen LogP contribution in [0.4, 0.5) is 0 Å². The molecule has 4 heteroatoms. The summed E-state index contributed by atoms with van der Waals surface area (Å²) >= 11 is 0. The fourth-order valence-electron chi connectivity index (χ4n) is 12.1. The highest BCUT2D eigenvalue weighted by atomic mass is 16.4. The molecule has 5 fully saturated rings. The quantitative estimate of drug-likeness (QED) is 0.321. The third-order valence-electron chi connectivity index (χ3n) is 14.1. The Kier molecular flexibility index (Phi) is 5.91. The Morgan fingerprint density at radius 2 is 1.58 bits per heavy atom. The summed E-state index contributed by atoms with van der Waals surface area (Å²) in [6, 6.07) is 0. The maximum atomic E-state index is 12.6. The van der Waals surface area contributed by atoms with Crippen molar-refractivity contribution in [2.75, 3.05) is 6.54 Å². The lowest BCUT2D eigenvalue weighted by atomic mass is 9.33. The van der Waals surface area contributed by atoms with Crippen molar-refractivity contribution in [1.29, 1.82) is 0 Å². The maximum Gasteiger partial charge on any atom is 0.394 e. The van der Waals surface area contributed by atoms with Gasteiger partial charge in [-0.25, -0.2) is 4.79 Å². The van der Waals surface area contributed by atoms with Crippen LogP contribution in [0.1, 0.15) is 113 Å². The fraction of sp³-hybridized carbons (Fsp3) is 0.875. The number of hydrogen-bond donors (Lipinski definition) is 1. The van der Waals surface area contributed by atoms with Crippen LogP contribution >= 0.6 is 0 Å². The summed E-state index contributed by atoms with van der Waals surface area (Å²) < 4.78 is 0. The maximum absolute atomic E-state index is 12.6. The minimum Gasteiger partial charge on any atom is -0.474 e. The Bertz CT molecular complexity index is 970. The Morgan fingerprint density at radius 3 is 2.19 bits per heavy atom. The van der Waals surface area contributed by atoms with Crippen molar-refractivity contribution >= 4 is 11.9 Å². The van der Waals surface area contributed by atoms with Crippen molar-refractivity contribution in [3.05, 3.63) is 12.2 Å². The second-order valence-corrected chi connectivity index (χ2v) is 15.1. The van der Waals surface area contributed by atoms with E-state index in [0.29, 0.717) is 40.5 Å². The van der Waals surface area contributed by atoms with E-state index in [9.17, 15) is 14.7 Å². The lowest BCUT2D eigenvalue weighted by Crippen LogP contribution is -2.70. The molecular weight excluding hydrogens is 446 g/mol. The summed E-state index contributed by atoms with van der Waals surface area (Å²) in [5.41, 5.74) is 2.27. The van der Waals surface area contributed by atoms with E-state index in [1.165, 1.54) is 56.9 Å². The van der Waals surface area contributed by atoms with Crippen LogP contribution in [0.2, 0.25) is 0 Å². The number of carbonyl (C=O) groups is 2. The molecular formula is C32H51NO3. The summed E-state index contributed by atoms with van der Waals surface area (Å²) in [7, 11) is 0. The minimum absolute atomic E-state index is 0.141. The average Bonchev–Trinajstić information content (AvgIpc) is 3.19. The van der Waals surface area contributed by atoms with E-state index in [1.54, 1.807) is 4.90 Å². The van der Waals surface area contributed by atoms with E-state index in [-0.39, 0.29) is 5.41 Å². The van der Waals surface area contributed by atoms with E-state index in [1.807, 2.05) is 0 Å². The predicted molar refractivity (Wildman–Crippen MR) is 144 cm³/mol. The van der Waals surface area contributed by atoms with Gasteiger partial charge in [0, 0.05) is 12.1 Å². The molecule has 1 heterocycles. The van der Waals surface area contributed by atoms with E-state index in [2.05, 4.69) is 55.0 Å². The van der Waals surface area contributed by atoms with Crippen molar-refractivity contribution in [2.24, 2.45) is 51.2 Å². The molecule has 36 heavy (non-hydrogen) atoms. The second-order valence-electron chi connectivity index (χ2n) is 15.1. The number of aliphatic carboxylic acids is 1. The standard InChI is InChI=1S/C32H51NO3/c1-9-32-15-12-21(20(2)3)25(32)22-10-11-24-29(6)18-19-33(26(34)27(35)36)28(4,5)23(29)13-14-31(24,8)30(22,7)16-17-32/h21-25H,2,9-19H2,1,3-8H3,(H,35,36)/t21-,22+,23?,24+,25+,29-,30+,31+,32+/m0/s1. The number of amides is 1. The number of allylic oxidation sites excluding steroid dienone is 1. The number of rotatable bonds is 2. The molecule has 1 amide bonds. The number of likely N-dealkylation sites (tertiary alicyclic amines) is 1. The number of fused-ring (bicyclic) bond motifs is 7. The van der Waals surface area contributed by atoms with Crippen molar-refractivity contribution in [1.82, 2.24) is 4.90 Å². The van der Waals surface area contributed by atoms with Crippen molar-refractivity contribution < 1.29 is 14.7 Å². The first-order valence-electron chi connectivity index (χ1n) is 14.9. The molecule has 1 saturated heterocycles. The summed E-state index contributed by atoms with van der Waals surface area (Å²) in [5.74, 6) is 1.18. The molecule has 0 spiro atoms. The molecule has 1 aliphatic heterocycles. The van der Waals surface area contributed by atoms with Gasteiger partial charge in [-0.2, -0.15) is 0 Å². The van der Waals surface area contributed by atoms with Crippen molar-refractivity contribution in [3.8, 4) is 0 Å². The van der Waals surface area contributed by atoms with Crippen LogP contribution in [-0.2, 0) is 9.59 Å². The van der Waals surface area contributed by atoms with Gasteiger partial charge in [0.2, 0.25) is 0 Å². The first kappa shape index (κ1) is 26.3. The largest absolute Gasteiger partial charge is 0.474 e. The smallest absolute Gasteiger partial charge is 0.394 e. The molecule has 4 aliphatic carbocycles. The Hall–Kier alpha value is -1.32. The molecule has 5 rings (SSSR count). The zero-order valence-electron chi connectivity index (χ0n) is 24.1. The zero-order chi connectivity index (χ0) is 26.5. The van der Waals surface area contributed by atoms with Gasteiger partial charge in [0.1, 0.15) is 0 Å². The van der Waals surface area contributed by atoms with Gasteiger partial charge in [-0.05, 0) is 130 Å². The highest BCUT2D eigenvalue weighted by Gasteiger charge is 2.70. The van der Waals surface area contributed by atoms with E-state index in [4.69, 9.17) is 0 Å². The van der Waals surface area contributed by atoms with Crippen molar-refractivity contribution in [2.45, 2.75) is 118 Å². The van der Waals surface area contributed by atoms with Gasteiger partial charge >= 0.3 is 11.9 Å². The van der Waals surface area contributed by atoms with Gasteiger partial charge in [-0.15, -0.1) is 0 Å². The highest BCUT2D eigenvalue weighted by molar-refractivity contribution is 6.31. The number of hydrogen-bond acceptors (Lipinski definition) is 2. The molecule has 0 aromatic carbocycles. The van der Waals surface area contributed by atoms with Crippen LogP contribution < -0.4 is 0 Å². The number of nitrogens with zero attached hydrogens (tertiary/aromatic N) is 1. The van der Waals surface area contributed by atoms with Crippen LogP contribution in [0.3, 0.4) is 0 Å². The molecule has 4 saturated carbocycles. The van der Waals surface area contributed by atoms with E-state index >= 15 is 0 Å². The molecule has 0 aromatic rings. The van der Waals surface area contributed by atoms with Crippen LogP contribution in [0.5, 0.6) is 0 Å². The second kappa shape index (κ2) is 8.09. The van der Waals surface area contributed by atoms with Gasteiger partial charge in [0.05, 0.1) is 0 Å². The molecule has 1 N–H and O–H groups in total. The van der Waals surface area contributed by atoms with Gasteiger partial charge in [-0.1, -0.05) is 46.3 Å². The molecule has 0 aromatic heterocycles. The Balaban J connectivity index is 1.51.